The number of halogens is 2. The average molecular weight is 272 g/mol. The van der Waals surface area contributed by atoms with Gasteiger partial charge < -0.3 is 10.2 Å². The lowest BCUT2D eigenvalue weighted by molar-refractivity contribution is 0.999. The molecule has 7 heteroatoms. The maximum absolute atomic E-state index is 5.89. The molecule has 0 bridgehead atoms. The van der Waals surface area contributed by atoms with Crippen molar-refractivity contribution in [3.05, 3.63) is 28.2 Å². The Hall–Kier alpha value is -1.46. The summed E-state index contributed by atoms with van der Waals surface area (Å²) in [6.07, 6.45) is 0. The molecule has 0 unspecified atom stereocenters. The van der Waals surface area contributed by atoms with Crippen LogP contribution in [0.1, 0.15) is 0 Å². The van der Waals surface area contributed by atoms with E-state index >= 15 is 0 Å². The number of hydrogen-bond donors (Lipinski definition) is 2. The summed E-state index contributed by atoms with van der Waals surface area (Å²) >= 11 is 11.8. The predicted molar refractivity (Wildman–Crippen MR) is 70.5 cm³/mol. The second kappa shape index (κ2) is 4.81. The van der Waals surface area contributed by atoms with Crippen molar-refractivity contribution in [1.82, 2.24) is 15.2 Å². The van der Waals surface area contributed by atoms with Crippen molar-refractivity contribution in [3.8, 4) is 0 Å². The average Bonchev–Trinajstić information content (AvgIpc) is 2.64. The summed E-state index contributed by atoms with van der Waals surface area (Å²) in [5, 5.41) is 10.9. The summed E-state index contributed by atoms with van der Waals surface area (Å²) in [6, 6.07) is 5.16. The second-order valence-corrected chi connectivity index (χ2v) is 4.53. The summed E-state index contributed by atoms with van der Waals surface area (Å²) in [5.74, 6) is 1.13. The van der Waals surface area contributed by atoms with Crippen LogP contribution >= 0.6 is 23.2 Å². The molecule has 0 atom stereocenters. The van der Waals surface area contributed by atoms with Crippen LogP contribution in [0.2, 0.25) is 10.0 Å². The van der Waals surface area contributed by atoms with Gasteiger partial charge in [-0.05, 0) is 18.2 Å². The molecule has 0 amide bonds. The SMILES string of the molecule is CN(C)c1nc(Nc2cc(Cl)cc(Cl)c2)n[nH]1. The van der Waals surface area contributed by atoms with Gasteiger partial charge in [0.25, 0.3) is 0 Å². The molecule has 0 radical (unpaired) electrons. The number of H-pyrrole nitrogens is 1. The van der Waals surface area contributed by atoms with Gasteiger partial charge in [0.05, 0.1) is 0 Å². The van der Waals surface area contributed by atoms with Gasteiger partial charge in [-0.25, -0.2) is 5.10 Å². The maximum Gasteiger partial charge on any atom is 0.248 e. The Balaban J connectivity index is 2.19. The number of hydrogen-bond acceptors (Lipinski definition) is 4. The molecule has 1 aromatic carbocycles. The molecule has 0 spiro atoms. The smallest absolute Gasteiger partial charge is 0.248 e. The number of nitrogens with zero attached hydrogens (tertiary/aromatic N) is 3. The lowest BCUT2D eigenvalue weighted by atomic mass is 10.3. The van der Waals surface area contributed by atoms with Crippen LogP contribution in [0.3, 0.4) is 0 Å². The van der Waals surface area contributed by atoms with Gasteiger partial charge in [-0.3, -0.25) is 0 Å². The van der Waals surface area contributed by atoms with Crippen LogP contribution in [0.5, 0.6) is 0 Å². The molecule has 90 valence electrons. The highest BCUT2D eigenvalue weighted by Gasteiger charge is 2.05. The number of anilines is 3. The zero-order valence-electron chi connectivity index (χ0n) is 9.33. The molecule has 17 heavy (non-hydrogen) atoms. The van der Waals surface area contributed by atoms with Crippen LogP contribution in [0, 0.1) is 0 Å². The van der Waals surface area contributed by atoms with Crippen molar-refractivity contribution < 1.29 is 0 Å². The Morgan fingerprint density at radius 1 is 1.18 bits per heavy atom. The normalized spacial score (nSPS) is 10.4. The first kappa shape index (κ1) is 12.0. The Morgan fingerprint density at radius 3 is 2.35 bits per heavy atom. The third kappa shape index (κ3) is 3.01. The third-order valence-electron chi connectivity index (χ3n) is 2.02. The Kier molecular flexibility index (Phi) is 3.40. The number of rotatable bonds is 3. The van der Waals surface area contributed by atoms with Crippen LogP contribution < -0.4 is 10.2 Å². The second-order valence-electron chi connectivity index (χ2n) is 3.66. The topological polar surface area (TPSA) is 56.8 Å². The van der Waals surface area contributed by atoms with E-state index in [2.05, 4.69) is 20.5 Å². The van der Waals surface area contributed by atoms with E-state index in [1.807, 2.05) is 19.0 Å². The third-order valence-corrected chi connectivity index (χ3v) is 2.45. The highest BCUT2D eigenvalue weighted by atomic mass is 35.5. The number of benzene rings is 1. The van der Waals surface area contributed by atoms with Crippen molar-refractivity contribution in [2.75, 3.05) is 24.3 Å². The van der Waals surface area contributed by atoms with Gasteiger partial charge in [0, 0.05) is 29.8 Å². The van der Waals surface area contributed by atoms with Crippen LogP contribution in [-0.4, -0.2) is 29.3 Å². The first-order valence-corrected chi connectivity index (χ1v) is 5.63. The first-order chi connectivity index (χ1) is 8.04. The fourth-order valence-corrected chi connectivity index (χ4v) is 1.79. The van der Waals surface area contributed by atoms with Gasteiger partial charge in [-0.2, -0.15) is 4.98 Å². The van der Waals surface area contributed by atoms with Crippen LogP contribution in [-0.2, 0) is 0 Å². The lowest BCUT2D eigenvalue weighted by Gasteiger charge is -2.05. The minimum absolute atomic E-state index is 0.465. The summed E-state index contributed by atoms with van der Waals surface area (Å²) in [7, 11) is 3.75. The molecule has 0 aliphatic carbocycles. The van der Waals surface area contributed by atoms with Crippen molar-refractivity contribution in [3.63, 3.8) is 0 Å². The Labute approximate surface area is 109 Å². The lowest BCUT2D eigenvalue weighted by Crippen LogP contribution is -2.10. The van der Waals surface area contributed by atoms with Crippen molar-refractivity contribution in [1.29, 1.82) is 0 Å². The standard InChI is InChI=1S/C10H11Cl2N5/c1-17(2)10-14-9(15-16-10)13-8-4-6(11)3-7(12)5-8/h3-5H,1-2H3,(H2,13,14,15,16). The van der Waals surface area contributed by atoms with Crippen molar-refractivity contribution in [2.45, 2.75) is 0 Å². The van der Waals surface area contributed by atoms with Gasteiger partial charge >= 0.3 is 0 Å². The molecule has 0 fully saturated rings. The van der Waals surface area contributed by atoms with Gasteiger partial charge in [0.2, 0.25) is 11.9 Å². The molecule has 0 saturated carbocycles. The van der Waals surface area contributed by atoms with Crippen LogP contribution in [0.4, 0.5) is 17.6 Å². The van der Waals surface area contributed by atoms with E-state index in [9.17, 15) is 0 Å². The Bertz CT molecular complexity index is 503. The number of nitrogens with one attached hydrogen (secondary N) is 2. The summed E-state index contributed by atoms with van der Waals surface area (Å²) in [4.78, 5) is 6.05. The van der Waals surface area contributed by atoms with E-state index < -0.39 is 0 Å². The van der Waals surface area contributed by atoms with Gasteiger partial charge in [-0.1, -0.05) is 23.2 Å². The van der Waals surface area contributed by atoms with E-state index in [1.165, 1.54) is 0 Å². The van der Waals surface area contributed by atoms with Gasteiger partial charge in [0.1, 0.15) is 0 Å². The molecule has 1 aromatic heterocycles. The van der Waals surface area contributed by atoms with E-state index in [0.717, 1.165) is 5.69 Å². The predicted octanol–water partition coefficient (Wildman–Crippen LogP) is 2.92. The Morgan fingerprint density at radius 2 is 1.82 bits per heavy atom. The van der Waals surface area contributed by atoms with E-state index in [4.69, 9.17) is 23.2 Å². The molecule has 0 aliphatic heterocycles. The molecular weight excluding hydrogens is 261 g/mol. The van der Waals surface area contributed by atoms with Gasteiger partial charge in [0.15, 0.2) is 0 Å². The zero-order chi connectivity index (χ0) is 12.4. The molecule has 2 N–H and O–H groups in total. The summed E-state index contributed by atoms with van der Waals surface area (Å²) < 4.78 is 0. The molecule has 0 saturated heterocycles. The highest BCUT2D eigenvalue weighted by molar-refractivity contribution is 6.35. The van der Waals surface area contributed by atoms with Crippen LogP contribution in [0.25, 0.3) is 0 Å². The van der Waals surface area contributed by atoms with E-state index in [0.29, 0.717) is 21.9 Å². The fraction of sp³-hybridized carbons (Fsp3) is 0.200. The molecule has 0 aliphatic rings. The monoisotopic (exact) mass is 271 g/mol. The summed E-state index contributed by atoms with van der Waals surface area (Å²) in [5.41, 5.74) is 0.742. The molecule has 2 rings (SSSR count). The molecule has 2 aromatic rings. The minimum Gasteiger partial charge on any atom is -0.347 e. The van der Waals surface area contributed by atoms with E-state index in [-0.39, 0.29) is 0 Å². The summed E-state index contributed by atoms with van der Waals surface area (Å²) in [6.45, 7) is 0. The quantitative estimate of drug-likeness (QED) is 0.902. The number of aromatic amines is 1. The molecule has 5 nitrogen and oxygen atoms in total. The number of aromatic nitrogens is 3. The fourth-order valence-electron chi connectivity index (χ4n) is 1.26. The van der Waals surface area contributed by atoms with Crippen LogP contribution in [0.15, 0.2) is 18.2 Å². The van der Waals surface area contributed by atoms with E-state index in [1.54, 1.807) is 18.2 Å². The highest BCUT2D eigenvalue weighted by Crippen LogP contribution is 2.24. The minimum atomic E-state index is 0.465. The molecular formula is C10H11Cl2N5. The zero-order valence-corrected chi connectivity index (χ0v) is 10.8. The first-order valence-electron chi connectivity index (χ1n) is 4.87. The largest absolute Gasteiger partial charge is 0.347 e. The van der Waals surface area contributed by atoms with Crippen molar-refractivity contribution in [2.24, 2.45) is 0 Å². The van der Waals surface area contributed by atoms with Gasteiger partial charge in [-0.15, -0.1) is 5.10 Å². The molecule has 1 heterocycles. The van der Waals surface area contributed by atoms with Crippen molar-refractivity contribution >= 4 is 40.8 Å². The maximum atomic E-state index is 5.89.